The van der Waals surface area contributed by atoms with Crippen LogP contribution in [0, 0.1) is 11.8 Å². The van der Waals surface area contributed by atoms with Gasteiger partial charge in [-0.15, -0.1) is 0 Å². The molecule has 0 bridgehead atoms. The Labute approximate surface area is 196 Å². The first-order valence-corrected chi connectivity index (χ1v) is 11.9. The van der Waals surface area contributed by atoms with Crippen molar-refractivity contribution in [2.45, 2.75) is 71.0 Å². The molecule has 2 aromatic carbocycles. The predicted molar refractivity (Wildman–Crippen MR) is 119 cm³/mol. The van der Waals surface area contributed by atoms with Gasteiger partial charge in [0, 0.05) is 19.1 Å². The molecule has 0 radical (unpaired) electrons. The Morgan fingerprint density at radius 3 is 2.21 bits per heavy atom. The maximum atomic E-state index is 14.5. The molecule has 0 saturated carbocycles. The molecule has 2 aromatic rings. The molecule has 34 heavy (non-hydrogen) atoms. The Morgan fingerprint density at radius 2 is 1.56 bits per heavy atom. The maximum Gasteiger partial charge on any atom is 0.417 e. The average Bonchev–Trinajstić information content (AvgIpc) is 3.10. The second-order valence-corrected chi connectivity index (χ2v) is 9.45. The van der Waals surface area contributed by atoms with Gasteiger partial charge in [0.2, 0.25) is 0 Å². The van der Waals surface area contributed by atoms with E-state index in [9.17, 15) is 26.3 Å². The molecule has 0 aromatic heterocycles. The third-order valence-electron chi connectivity index (χ3n) is 7.44. The predicted octanol–water partition coefficient (Wildman–Crippen LogP) is 6.81. The van der Waals surface area contributed by atoms with E-state index < -0.39 is 29.5 Å². The van der Waals surface area contributed by atoms with Crippen LogP contribution in [0.4, 0.5) is 26.3 Å². The van der Waals surface area contributed by atoms with Gasteiger partial charge in [-0.05, 0) is 65.1 Å². The van der Waals surface area contributed by atoms with E-state index in [1.165, 1.54) is 6.07 Å². The number of rotatable bonds is 3. The van der Waals surface area contributed by atoms with Crippen molar-refractivity contribution in [2.75, 3.05) is 6.54 Å². The van der Waals surface area contributed by atoms with Crippen molar-refractivity contribution in [1.29, 1.82) is 0 Å². The van der Waals surface area contributed by atoms with Crippen LogP contribution in [0.25, 0.3) is 0 Å². The zero-order valence-electron chi connectivity index (χ0n) is 19.3. The molecule has 0 aliphatic carbocycles. The van der Waals surface area contributed by atoms with Crippen LogP contribution in [0.3, 0.4) is 0 Å². The van der Waals surface area contributed by atoms with Gasteiger partial charge >= 0.3 is 12.4 Å². The fourth-order valence-electron chi connectivity index (χ4n) is 5.59. The van der Waals surface area contributed by atoms with Crippen LogP contribution >= 0.6 is 0 Å². The summed E-state index contributed by atoms with van der Waals surface area (Å²) in [6.45, 7) is 4.58. The Balaban J connectivity index is 1.80. The van der Waals surface area contributed by atoms with Gasteiger partial charge in [0.1, 0.15) is 0 Å². The topological polar surface area (TPSA) is 24.1 Å². The maximum absolute atomic E-state index is 14.5. The normalized spacial score (nSPS) is 23.6. The van der Waals surface area contributed by atoms with Crippen molar-refractivity contribution in [3.05, 3.63) is 69.3 Å². The molecule has 186 valence electrons. The van der Waals surface area contributed by atoms with Crippen molar-refractivity contribution in [3.8, 4) is 0 Å². The molecular weight excluding hydrogens is 454 g/mol. The van der Waals surface area contributed by atoms with E-state index >= 15 is 0 Å². The van der Waals surface area contributed by atoms with Crippen molar-refractivity contribution in [2.24, 2.45) is 11.8 Å². The first-order valence-electron chi connectivity index (χ1n) is 11.9. The molecular formula is C26H30F6N2. The van der Waals surface area contributed by atoms with Gasteiger partial charge < -0.3 is 10.6 Å². The van der Waals surface area contributed by atoms with Crippen molar-refractivity contribution in [3.63, 3.8) is 0 Å². The number of hydrogen-bond acceptors (Lipinski definition) is 2. The summed E-state index contributed by atoms with van der Waals surface area (Å²) in [6, 6.07) is 6.73. The van der Waals surface area contributed by atoms with Crippen LogP contribution in [0.1, 0.15) is 71.7 Å². The van der Waals surface area contributed by atoms with Crippen LogP contribution in [0.2, 0.25) is 0 Å². The Bertz CT molecular complexity index is 1030. The fourth-order valence-corrected chi connectivity index (χ4v) is 5.59. The van der Waals surface area contributed by atoms with E-state index in [4.69, 9.17) is 0 Å². The quantitative estimate of drug-likeness (QED) is 0.468. The number of hydrogen-bond donors (Lipinski definition) is 2. The van der Waals surface area contributed by atoms with Gasteiger partial charge in [0.15, 0.2) is 0 Å². The molecule has 2 nitrogen and oxygen atoms in total. The highest BCUT2D eigenvalue weighted by Gasteiger charge is 2.42. The minimum atomic E-state index is -4.56. The van der Waals surface area contributed by atoms with Crippen molar-refractivity contribution in [1.82, 2.24) is 10.6 Å². The molecule has 2 heterocycles. The van der Waals surface area contributed by atoms with Crippen LogP contribution in [-0.4, -0.2) is 6.54 Å². The molecule has 3 atom stereocenters. The number of halogens is 6. The Morgan fingerprint density at radius 1 is 0.824 bits per heavy atom. The highest BCUT2D eigenvalue weighted by Crippen LogP contribution is 2.44. The fraction of sp³-hybridized carbons (Fsp3) is 0.538. The van der Waals surface area contributed by atoms with E-state index in [1.807, 2.05) is 13.8 Å². The second-order valence-electron chi connectivity index (χ2n) is 9.45. The molecule has 1 unspecified atom stereocenters. The molecule has 2 aliphatic rings. The molecule has 0 fully saturated rings. The minimum Gasteiger partial charge on any atom is -0.312 e. The van der Waals surface area contributed by atoms with E-state index in [1.54, 1.807) is 18.2 Å². The summed E-state index contributed by atoms with van der Waals surface area (Å²) in [5.41, 5.74) is 0.441. The van der Waals surface area contributed by atoms with E-state index in [2.05, 4.69) is 10.6 Å². The van der Waals surface area contributed by atoms with Gasteiger partial charge in [0.25, 0.3) is 0 Å². The lowest BCUT2D eigenvalue weighted by Crippen LogP contribution is -2.30. The molecule has 4 rings (SSSR count). The third kappa shape index (κ3) is 4.85. The highest BCUT2D eigenvalue weighted by atomic mass is 19.4. The summed E-state index contributed by atoms with van der Waals surface area (Å²) in [7, 11) is 0. The zero-order valence-corrected chi connectivity index (χ0v) is 19.3. The summed E-state index contributed by atoms with van der Waals surface area (Å²) in [6.07, 6.45) is -6.80. The Kier molecular flexibility index (Phi) is 7.02. The van der Waals surface area contributed by atoms with Crippen LogP contribution < -0.4 is 10.6 Å². The molecule has 2 N–H and O–H groups in total. The van der Waals surface area contributed by atoms with Gasteiger partial charge in [-0.2, -0.15) is 26.3 Å². The second kappa shape index (κ2) is 9.53. The molecule has 8 heteroatoms. The standard InChI is InChI=1S/C26H30F6N2/c1-3-15-10-18-8-9-19(23(26(30,31)32)21(18)13-33-12-15)24-16(4-2)11-17-6-5-7-22(25(27,28)29)20(17)14-34-24/h5-9,15-16,24,33-34H,3-4,10-14H2,1-2H3/t15-,16+,24?/m1/s1. The third-order valence-corrected chi connectivity index (χ3v) is 7.44. The van der Waals surface area contributed by atoms with Crippen molar-refractivity contribution >= 4 is 0 Å². The molecule has 0 saturated heterocycles. The average molecular weight is 485 g/mol. The summed E-state index contributed by atoms with van der Waals surface area (Å²) in [4.78, 5) is 0. The monoisotopic (exact) mass is 484 g/mol. The first-order chi connectivity index (χ1) is 16.0. The Hall–Kier alpha value is -2.06. The first kappa shape index (κ1) is 25.0. The van der Waals surface area contributed by atoms with E-state index in [-0.39, 0.29) is 48.0 Å². The van der Waals surface area contributed by atoms with Gasteiger partial charge in [0.05, 0.1) is 11.1 Å². The molecule has 0 amide bonds. The lowest BCUT2D eigenvalue weighted by atomic mass is 9.81. The highest BCUT2D eigenvalue weighted by molar-refractivity contribution is 5.47. The lowest BCUT2D eigenvalue weighted by molar-refractivity contribution is -0.139. The van der Waals surface area contributed by atoms with Crippen LogP contribution in [0.5, 0.6) is 0 Å². The number of benzene rings is 2. The SMILES string of the molecule is CC[C@H]1CNCc2c(ccc(C3NCc4c(cccc4C(F)(F)F)C[C@@H]3CC)c2C(F)(F)F)C1. The van der Waals surface area contributed by atoms with Crippen LogP contribution in [0.15, 0.2) is 30.3 Å². The lowest BCUT2D eigenvalue weighted by Gasteiger charge is -2.30. The van der Waals surface area contributed by atoms with Gasteiger partial charge in [-0.25, -0.2) is 0 Å². The van der Waals surface area contributed by atoms with Gasteiger partial charge in [-0.1, -0.05) is 51.0 Å². The summed E-state index contributed by atoms with van der Waals surface area (Å²) < 4.78 is 84.4. The summed E-state index contributed by atoms with van der Waals surface area (Å²) in [5, 5.41) is 6.28. The van der Waals surface area contributed by atoms with Crippen molar-refractivity contribution < 1.29 is 26.3 Å². The summed E-state index contributed by atoms with van der Waals surface area (Å²) >= 11 is 0. The minimum absolute atomic E-state index is 0.128. The number of nitrogens with one attached hydrogen (secondary N) is 2. The zero-order chi connectivity index (χ0) is 24.7. The molecule has 0 spiro atoms. The van der Waals surface area contributed by atoms with E-state index in [0.717, 1.165) is 12.5 Å². The van der Waals surface area contributed by atoms with E-state index in [0.29, 0.717) is 30.5 Å². The molecule has 2 aliphatic heterocycles. The van der Waals surface area contributed by atoms with Crippen LogP contribution in [-0.2, 0) is 38.3 Å². The number of alkyl halides is 6. The summed E-state index contributed by atoms with van der Waals surface area (Å²) in [5.74, 6) is -0.00567. The smallest absolute Gasteiger partial charge is 0.312 e. The number of fused-ring (bicyclic) bond motifs is 2. The van der Waals surface area contributed by atoms with Gasteiger partial charge in [-0.3, -0.25) is 0 Å². The largest absolute Gasteiger partial charge is 0.417 e.